The lowest BCUT2D eigenvalue weighted by Gasteiger charge is -2.12. The third-order valence-electron chi connectivity index (χ3n) is 2.19. The van der Waals surface area contributed by atoms with Gasteiger partial charge < -0.3 is 10.4 Å². The summed E-state index contributed by atoms with van der Waals surface area (Å²) in [5, 5.41) is 10.9. The number of hydrogen-bond donors (Lipinski definition) is 2. The Morgan fingerprint density at radius 2 is 2.18 bits per heavy atom. The van der Waals surface area contributed by atoms with E-state index < -0.39 is 23.7 Å². The fourth-order valence-electron chi connectivity index (χ4n) is 1.22. The Morgan fingerprint density at radius 3 is 2.65 bits per heavy atom. The summed E-state index contributed by atoms with van der Waals surface area (Å²) in [7, 11) is 0. The van der Waals surface area contributed by atoms with Crippen molar-refractivity contribution in [2.24, 2.45) is 0 Å². The molecule has 1 atom stereocenters. The van der Waals surface area contributed by atoms with Crippen molar-refractivity contribution in [2.45, 2.75) is 19.4 Å². The minimum Gasteiger partial charge on any atom is -0.480 e. The first-order valence-electron chi connectivity index (χ1n) is 4.94. The van der Waals surface area contributed by atoms with Gasteiger partial charge in [-0.2, -0.15) is 0 Å². The van der Waals surface area contributed by atoms with E-state index in [1.165, 1.54) is 6.07 Å². The summed E-state index contributed by atoms with van der Waals surface area (Å²) in [6.45, 7) is 1.64. The summed E-state index contributed by atoms with van der Waals surface area (Å²) in [4.78, 5) is 22.3. The van der Waals surface area contributed by atoms with Crippen LogP contribution in [0, 0.1) is 5.82 Å². The molecule has 0 radical (unpaired) electrons. The molecule has 1 aromatic rings. The first-order valence-corrected chi connectivity index (χ1v) is 5.32. The van der Waals surface area contributed by atoms with Crippen molar-refractivity contribution in [3.63, 3.8) is 0 Å². The Labute approximate surface area is 102 Å². The molecule has 0 saturated carbocycles. The lowest BCUT2D eigenvalue weighted by atomic mass is 10.1. The van der Waals surface area contributed by atoms with Crippen molar-refractivity contribution in [2.75, 3.05) is 0 Å². The molecule has 0 aromatic heterocycles. The molecule has 1 rings (SSSR count). The van der Waals surface area contributed by atoms with Gasteiger partial charge in [-0.25, -0.2) is 9.18 Å². The number of amides is 1. The molecule has 1 aromatic carbocycles. The maximum Gasteiger partial charge on any atom is 0.326 e. The topological polar surface area (TPSA) is 66.4 Å². The van der Waals surface area contributed by atoms with E-state index in [1.54, 1.807) is 6.92 Å². The molecule has 0 aliphatic heterocycles. The first-order chi connectivity index (χ1) is 7.95. The molecule has 2 N–H and O–H groups in total. The molecule has 1 amide bonds. The van der Waals surface area contributed by atoms with Gasteiger partial charge in [0.1, 0.15) is 11.9 Å². The molecule has 0 aliphatic rings. The van der Waals surface area contributed by atoms with Crippen LogP contribution in [-0.2, 0) is 4.79 Å². The van der Waals surface area contributed by atoms with E-state index in [-0.39, 0.29) is 17.0 Å². The van der Waals surface area contributed by atoms with Crippen molar-refractivity contribution in [1.82, 2.24) is 5.32 Å². The van der Waals surface area contributed by atoms with Crippen molar-refractivity contribution >= 4 is 23.5 Å². The normalized spacial score (nSPS) is 11.9. The zero-order chi connectivity index (χ0) is 13.0. The maximum atomic E-state index is 12.9. The number of halogens is 2. The third kappa shape index (κ3) is 3.42. The fraction of sp³-hybridized carbons (Fsp3) is 0.273. The van der Waals surface area contributed by atoms with Crippen LogP contribution in [0.1, 0.15) is 23.7 Å². The molecule has 0 bridgehead atoms. The number of carboxylic acids is 1. The van der Waals surface area contributed by atoms with Gasteiger partial charge in [0.15, 0.2) is 0 Å². The van der Waals surface area contributed by atoms with Crippen LogP contribution in [0.3, 0.4) is 0 Å². The van der Waals surface area contributed by atoms with Crippen LogP contribution < -0.4 is 5.32 Å². The van der Waals surface area contributed by atoms with Crippen LogP contribution in [-0.4, -0.2) is 23.0 Å². The predicted molar refractivity (Wildman–Crippen MR) is 60.6 cm³/mol. The van der Waals surface area contributed by atoms with Crippen LogP contribution >= 0.6 is 11.6 Å². The number of aliphatic carboxylic acids is 1. The lowest BCUT2D eigenvalue weighted by Crippen LogP contribution is -2.40. The summed E-state index contributed by atoms with van der Waals surface area (Å²) >= 11 is 5.52. The fourth-order valence-corrected chi connectivity index (χ4v) is 1.40. The van der Waals surface area contributed by atoms with Gasteiger partial charge in [0, 0.05) is 5.56 Å². The molecule has 0 heterocycles. The Kier molecular flexibility index (Phi) is 4.45. The summed E-state index contributed by atoms with van der Waals surface area (Å²) in [5.74, 6) is -2.34. The zero-order valence-corrected chi connectivity index (χ0v) is 9.79. The number of carbonyl (C=O) groups excluding carboxylic acids is 1. The molecular formula is C11H11ClFNO3. The lowest BCUT2D eigenvalue weighted by molar-refractivity contribution is -0.139. The van der Waals surface area contributed by atoms with E-state index in [4.69, 9.17) is 16.7 Å². The predicted octanol–water partition coefficient (Wildman–Crippen LogP) is 2.07. The summed E-state index contributed by atoms with van der Waals surface area (Å²) in [5.41, 5.74) is 0.121. The smallest absolute Gasteiger partial charge is 0.326 e. The number of benzene rings is 1. The van der Waals surface area contributed by atoms with Gasteiger partial charge in [-0.3, -0.25) is 4.79 Å². The van der Waals surface area contributed by atoms with Crippen LogP contribution in [0.4, 0.5) is 4.39 Å². The molecule has 0 aliphatic carbocycles. The van der Waals surface area contributed by atoms with E-state index in [1.807, 2.05) is 0 Å². The highest BCUT2D eigenvalue weighted by atomic mass is 35.5. The summed E-state index contributed by atoms with van der Waals surface area (Å²) in [6, 6.07) is 2.48. The molecular weight excluding hydrogens is 249 g/mol. The van der Waals surface area contributed by atoms with Gasteiger partial charge in [0.2, 0.25) is 0 Å². The Balaban J connectivity index is 2.82. The molecule has 0 fully saturated rings. The second kappa shape index (κ2) is 5.63. The molecule has 92 valence electrons. The number of carbonyl (C=O) groups is 2. The van der Waals surface area contributed by atoms with Gasteiger partial charge in [0.05, 0.1) is 5.02 Å². The van der Waals surface area contributed by atoms with Crippen LogP contribution in [0.15, 0.2) is 18.2 Å². The van der Waals surface area contributed by atoms with E-state index in [0.717, 1.165) is 12.1 Å². The second-order valence-electron chi connectivity index (χ2n) is 3.40. The number of rotatable bonds is 4. The van der Waals surface area contributed by atoms with Crippen LogP contribution in [0.25, 0.3) is 0 Å². The Hall–Kier alpha value is -1.62. The van der Waals surface area contributed by atoms with Crippen molar-refractivity contribution in [3.8, 4) is 0 Å². The minimum absolute atomic E-state index is 0.121. The van der Waals surface area contributed by atoms with E-state index >= 15 is 0 Å². The van der Waals surface area contributed by atoms with E-state index in [0.29, 0.717) is 0 Å². The number of nitrogens with one attached hydrogen (secondary N) is 1. The maximum absolute atomic E-state index is 12.9. The Morgan fingerprint density at radius 1 is 1.53 bits per heavy atom. The van der Waals surface area contributed by atoms with Crippen molar-refractivity contribution < 1.29 is 19.1 Å². The van der Waals surface area contributed by atoms with E-state index in [2.05, 4.69) is 5.32 Å². The molecule has 0 spiro atoms. The number of carboxylic acid groups (broad SMARTS) is 1. The average molecular weight is 260 g/mol. The second-order valence-corrected chi connectivity index (χ2v) is 3.81. The first kappa shape index (κ1) is 13.4. The van der Waals surface area contributed by atoms with Gasteiger partial charge in [-0.05, 0) is 24.6 Å². The largest absolute Gasteiger partial charge is 0.480 e. The standard InChI is InChI=1S/C11H11ClFNO3/c1-2-9(11(16)17)14-10(15)6-3-4-8(13)7(12)5-6/h3-5,9H,2H2,1H3,(H,14,15)(H,16,17). The zero-order valence-electron chi connectivity index (χ0n) is 9.04. The Bertz CT molecular complexity index is 450. The quantitative estimate of drug-likeness (QED) is 0.870. The molecule has 6 heteroatoms. The SMILES string of the molecule is CCC(NC(=O)c1ccc(F)c(Cl)c1)C(=O)O. The van der Waals surface area contributed by atoms with Gasteiger partial charge in [0.25, 0.3) is 5.91 Å². The third-order valence-corrected chi connectivity index (χ3v) is 2.48. The van der Waals surface area contributed by atoms with Gasteiger partial charge >= 0.3 is 5.97 Å². The summed E-state index contributed by atoms with van der Waals surface area (Å²) in [6.07, 6.45) is 0.260. The van der Waals surface area contributed by atoms with Crippen LogP contribution in [0.2, 0.25) is 5.02 Å². The van der Waals surface area contributed by atoms with Crippen molar-refractivity contribution in [3.05, 3.63) is 34.6 Å². The molecule has 0 saturated heterocycles. The summed E-state index contributed by atoms with van der Waals surface area (Å²) < 4.78 is 12.9. The van der Waals surface area contributed by atoms with Crippen LogP contribution in [0.5, 0.6) is 0 Å². The molecule has 17 heavy (non-hydrogen) atoms. The highest BCUT2D eigenvalue weighted by Crippen LogP contribution is 2.16. The molecule has 1 unspecified atom stereocenters. The highest BCUT2D eigenvalue weighted by molar-refractivity contribution is 6.31. The number of hydrogen-bond acceptors (Lipinski definition) is 2. The molecule has 4 nitrogen and oxygen atoms in total. The van der Waals surface area contributed by atoms with Gasteiger partial charge in [-0.15, -0.1) is 0 Å². The minimum atomic E-state index is -1.12. The van der Waals surface area contributed by atoms with Crippen molar-refractivity contribution in [1.29, 1.82) is 0 Å². The van der Waals surface area contributed by atoms with E-state index in [9.17, 15) is 14.0 Å². The monoisotopic (exact) mass is 259 g/mol. The average Bonchev–Trinajstić information content (AvgIpc) is 2.28. The highest BCUT2D eigenvalue weighted by Gasteiger charge is 2.18. The van der Waals surface area contributed by atoms with Gasteiger partial charge in [-0.1, -0.05) is 18.5 Å².